The Morgan fingerprint density at radius 3 is 1.86 bits per heavy atom. The highest BCUT2D eigenvalue weighted by Gasteiger charge is 2.16. The van der Waals surface area contributed by atoms with Crippen molar-refractivity contribution in [2.24, 2.45) is 0 Å². The molecular weight excluding hydrogens is 380 g/mol. The lowest BCUT2D eigenvalue weighted by atomic mass is 10.2. The van der Waals surface area contributed by atoms with E-state index in [1.54, 1.807) is 24.3 Å². The van der Waals surface area contributed by atoms with E-state index in [0.717, 1.165) is 0 Å². The van der Waals surface area contributed by atoms with Crippen LogP contribution < -0.4 is 34.3 Å². The van der Waals surface area contributed by atoms with Crippen LogP contribution in [0.5, 0.6) is 28.7 Å². The summed E-state index contributed by atoms with van der Waals surface area (Å²) in [5.41, 5.74) is 0.771. The van der Waals surface area contributed by atoms with E-state index in [4.69, 9.17) is 23.7 Å². The number of amides is 2. The molecule has 2 rings (SSSR count). The van der Waals surface area contributed by atoms with Crippen LogP contribution in [-0.4, -0.2) is 53.9 Å². The van der Waals surface area contributed by atoms with E-state index in [9.17, 15) is 9.59 Å². The minimum atomic E-state index is -0.425. The van der Waals surface area contributed by atoms with Gasteiger partial charge in [0.15, 0.2) is 23.0 Å². The Labute approximate surface area is 168 Å². The van der Waals surface area contributed by atoms with Gasteiger partial charge in [-0.1, -0.05) is 0 Å². The third-order valence-electron chi connectivity index (χ3n) is 4.00. The second-order valence-electron chi connectivity index (χ2n) is 5.71. The number of anilines is 1. The Balaban J connectivity index is 2.04. The lowest BCUT2D eigenvalue weighted by Crippen LogP contribution is -2.32. The summed E-state index contributed by atoms with van der Waals surface area (Å²) in [6, 6.07) is 7.91. The maximum Gasteiger partial charge on any atom is 0.251 e. The standard InChI is InChI=1S/C20H24N2O7/c1-25-14-7-6-12(8-15(14)26-2)20(24)21-11-18(23)22-13-9-16(27-3)19(29-5)17(10-13)28-4/h6-10H,11H2,1-5H3,(H,21,24)(H,22,23). The average Bonchev–Trinajstić information content (AvgIpc) is 2.75. The van der Waals surface area contributed by atoms with Crippen molar-refractivity contribution in [3.8, 4) is 28.7 Å². The molecule has 0 radical (unpaired) electrons. The van der Waals surface area contributed by atoms with Crippen LogP contribution in [0.1, 0.15) is 10.4 Å². The molecule has 9 nitrogen and oxygen atoms in total. The average molecular weight is 404 g/mol. The highest BCUT2D eigenvalue weighted by Crippen LogP contribution is 2.39. The predicted molar refractivity (Wildman–Crippen MR) is 107 cm³/mol. The molecule has 0 saturated carbocycles. The number of rotatable bonds is 9. The van der Waals surface area contributed by atoms with Gasteiger partial charge in [0.2, 0.25) is 11.7 Å². The number of hydrogen-bond acceptors (Lipinski definition) is 7. The first-order chi connectivity index (χ1) is 14.0. The van der Waals surface area contributed by atoms with E-state index in [-0.39, 0.29) is 6.54 Å². The number of benzene rings is 2. The number of carbonyl (C=O) groups excluding carboxylic acids is 2. The molecule has 2 aromatic rings. The zero-order valence-corrected chi connectivity index (χ0v) is 17.0. The van der Waals surface area contributed by atoms with Gasteiger partial charge in [-0.2, -0.15) is 0 Å². The van der Waals surface area contributed by atoms with E-state index in [1.807, 2.05) is 0 Å². The van der Waals surface area contributed by atoms with Crippen molar-refractivity contribution in [3.63, 3.8) is 0 Å². The van der Waals surface area contributed by atoms with Gasteiger partial charge in [-0.3, -0.25) is 9.59 Å². The highest BCUT2D eigenvalue weighted by molar-refractivity contribution is 5.99. The summed E-state index contributed by atoms with van der Waals surface area (Å²) in [5.74, 6) is 1.29. The van der Waals surface area contributed by atoms with Crippen molar-refractivity contribution in [2.45, 2.75) is 0 Å². The zero-order valence-electron chi connectivity index (χ0n) is 17.0. The van der Waals surface area contributed by atoms with Crippen molar-refractivity contribution in [3.05, 3.63) is 35.9 Å². The molecule has 29 heavy (non-hydrogen) atoms. The Hall–Kier alpha value is -3.62. The van der Waals surface area contributed by atoms with Gasteiger partial charge in [0.1, 0.15) is 0 Å². The molecule has 0 unspecified atom stereocenters. The first-order valence-corrected chi connectivity index (χ1v) is 8.57. The summed E-state index contributed by atoms with van der Waals surface area (Å²) in [5, 5.41) is 5.23. The van der Waals surface area contributed by atoms with Crippen LogP contribution >= 0.6 is 0 Å². The maximum absolute atomic E-state index is 12.3. The van der Waals surface area contributed by atoms with Gasteiger partial charge in [0, 0.05) is 23.4 Å². The van der Waals surface area contributed by atoms with Crippen molar-refractivity contribution in [1.82, 2.24) is 5.32 Å². The van der Waals surface area contributed by atoms with Gasteiger partial charge in [-0.05, 0) is 18.2 Å². The van der Waals surface area contributed by atoms with Crippen molar-refractivity contribution in [1.29, 1.82) is 0 Å². The van der Waals surface area contributed by atoms with Crippen LogP contribution in [0.25, 0.3) is 0 Å². The molecule has 0 spiro atoms. The number of carbonyl (C=O) groups is 2. The van der Waals surface area contributed by atoms with Crippen LogP contribution in [0, 0.1) is 0 Å². The van der Waals surface area contributed by atoms with Gasteiger partial charge in [0.05, 0.1) is 42.1 Å². The quantitative estimate of drug-likeness (QED) is 0.659. The molecule has 0 bridgehead atoms. The molecule has 0 aromatic heterocycles. The lowest BCUT2D eigenvalue weighted by molar-refractivity contribution is -0.115. The molecule has 2 aromatic carbocycles. The number of hydrogen-bond donors (Lipinski definition) is 2. The summed E-state index contributed by atoms with van der Waals surface area (Å²) in [6.45, 7) is -0.232. The largest absolute Gasteiger partial charge is 0.493 e. The minimum Gasteiger partial charge on any atom is -0.493 e. The molecule has 156 valence electrons. The van der Waals surface area contributed by atoms with E-state index in [2.05, 4.69) is 10.6 Å². The summed E-state index contributed by atoms with van der Waals surface area (Å²) in [4.78, 5) is 24.6. The molecule has 9 heteroatoms. The van der Waals surface area contributed by atoms with Crippen LogP contribution in [-0.2, 0) is 4.79 Å². The topological polar surface area (TPSA) is 104 Å². The van der Waals surface area contributed by atoms with Crippen molar-refractivity contribution in [2.75, 3.05) is 47.4 Å². The molecule has 0 saturated heterocycles. The predicted octanol–water partition coefficient (Wildman–Crippen LogP) is 2.10. The Bertz CT molecular complexity index is 858. The molecule has 2 amide bonds. The Morgan fingerprint density at radius 1 is 0.759 bits per heavy atom. The van der Waals surface area contributed by atoms with Gasteiger partial charge < -0.3 is 34.3 Å². The van der Waals surface area contributed by atoms with E-state index in [1.165, 1.54) is 41.6 Å². The first-order valence-electron chi connectivity index (χ1n) is 8.57. The molecule has 2 N–H and O–H groups in total. The Kier molecular flexibility index (Phi) is 7.53. The molecular formula is C20H24N2O7. The van der Waals surface area contributed by atoms with Crippen molar-refractivity contribution < 1.29 is 33.3 Å². The maximum atomic E-state index is 12.3. The van der Waals surface area contributed by atoms with Crippen LogP contribution in [0.4, 0.5) is 5.69 Å². The van der Waals surface area contributed by atoms with Gasteiger partial charge in [-0.15, -0.1) is 0 Å². The van der Waals surface area contributed by atoms with Crippen LogP contribution in [0.2, 0.25) is 0 Å². The molecule has 0 heterocycles. The summed E-state index contributed by atoms with van der Waals surface area (Å²) in [7, 11) is 7.43. The second-order valence-corrected chi connectivity index (χ2v) is 5.71. The van der Waals surface area contributed by atoms with E-state index in [0.29, 0.717) is 40.0 Å². The van der Waals surface area contributed by atoms with Crippen LogP contribution in [0.15, 0.2) is 30.3 Å². The molecule has 0 aliphatic heterocycles. The zero-order chi connectivity index (χ0) is 21.4. The monoisotopic (exact) mass is 404 g/mol. The van der Waals surface area contributed by atoms with E-state index >= 15 is 0 Å². The molecule has 0 aliphatic carbocycles. The molecule has 0 aliphatic rings. The lowest BCUT2D eigenvalue weighted by Gasteiger charge is -2.15. The van der Waals surface area contributed by atoms with Gasteiger partial charge >= 0.3 is 0 Å². The highest BCUT2D eigenvalue weighted by atomic mass is 16.5. The fraction of sp³-hybridized carbons (Fsp3) is 0.300. The van der Waals surface area contributed by atoms with Crippen molar-refractivity contribution >= 4 is 17.5 Å². The normalized spacial score (nSPS) is 9.97. The summed E-state index contributed by atoms with van der Waals surface area (Å²) < 4.78 is 26.1. The molecule has 0 fully saturated rings. The first kappa shape index (κ1) is 21.7. The minimum absolute atomic E-state index is 0.232. The summed E-state index contributed by atoms with van der Waals surface area (Å²) in [6.07, 6.45) is 0. The third-order valence-corrected chi connectivity index (χ3v) is 4.00. The van der Waals surface area contributed by atoms with Gasteiger partial charge in [0.25, 0.3) is 5.91 Å². The number of methoxy groups -OCH3 is 5. The number of ether oxygens (including phenoxy) is 5. The fourth-order valence-corrected chi connectivity index (χ4v) is 2.60. The SMILES string of the molecule is COc1ccc(C(=O)NCC(=O)Nc2cc(OC)c(OC)c(OC)c2)cc1OC. The smallest absolute Gasteiger partial charge is 0.251 e. The summed E-state index contributed by atoms with van der Waals surface area (Å²) >= 11 is 0. The number of nitrogens with one attached hydrogen (secondary N) is 2. The third kappa shape index (κ3) is 5.22. The second kappa shape index (κ2) is 10.1. The van der Waals surface area contributed by atoms with E-state index < -0.39 is 11.8 Å². The van der Waals surface area contributed by atoms with Crippen LogP contribution in [0.3, 0.4) is 0 Å². The van der Waals surface area contributed by atoms with Gasteiger partial charge in [-0.25, -0.2) is 0 Å². The fourth-order valence-electron chi connectivity index (χ4n) is 2.60. The Morgan fingerprint density at radius 2 is 1.34 bits per heavy atom. The molecule has 0 atom stereocenters.